The molecule has 0 aliphatic heterocycles. The first kappa shape index (κ1) is 17.8. The van der Waals surface area contributed by atoms with E-state index in [0.717, 1.165) is 49.4 Å². The van der Waals surface area contributed by atoms with Crippen molar-refractivity contribution in [2.75, 3.05) is 40.6 Å². The highest BCUT2D eigenvalue weighted by molar-refractivity contribution is 5.40. The summed E-state index contributed by atoms with van der Waals surface area (Å²) in [5, 5.41) is 12.1. The molecule has 0 fully saturated rings. The Morgan fingerprint density at radius 2 is 1.95 bits per heavy atom. The first-order valence-corrected chi connectivity index (χ1v) is 7.42. The van der Waals surface area contributed by atoms with Gasteiger partial charge < -0.3 is 24.6 Å². The molecular formula is C16H27NO4. The van der Waals surface area contributed by atoms with Gasteiger partial charge in [-0.05, 0) is 25.3 Å². The Kier molecular flexibility index (Phi) is 9.61. The number of unbranched alkanes of at least 4 members (excludes halogenated alkanes) is 2. The van der Waals surface area contributed by atoms with Crippen molar-refractivity contribution in [2.45, 2.75) is 25.8 Å². The Morgan fingerprint density at radius 1 is 1.10 bits per heavy atom. The van der Waals surface area contributed by atoms with Crippen molar-refractivity contribution in [3.8, 4) is 11.5 Å². The van der Waals surface area contributed by atoms with Crippen LogP contribution in [0.15, 0.2) is 18.2 Å². The summed E-state index contributed by atoms with van der Waals surface area (Å²) in [6, 6.07) is 5.87. The van der Waals surface area contributed by atoms with Crippen molar-refractivity contribution in [3.05, 3.63) is 23.8 Å². The van der Waals surface area contributed by atoms with Gasteiger partial charge in [-0.1, -0.05) is 6.07 Å². The summed E-state index contributed by atoms with van der Waals surface area (Å²) in [5.41, 5.74) is 1.11. The number of nitrogens with one attached hydrogen (secondary N) is 1. The molecule has 1 rings (SSSR count). The van der Waals surface area contributed by atoms with Gasteiger partial charge in [0.25, 0.3) is 0 Å². The van der Waals surface area contributed by atoms with Crippen LogP contribution in [0.4, 0.5) is 0 Å². The first-order valence-electron chi connectivity index (χ1n) is 7.42. The predicted molar refractivity (Wildman–Crippen MR) is 83.0 cm³/mol. The van der Waals surface area contributed by atoms with E-state index in [2.05, 4.69) is 5.32 Å². The quantitative estimate of drug-likeness (QED) is 0.578. The maximum Gasteiger partial charge on any atom is 0.127 e. The number of hydrogen-bond acceptors (Lipinski definition) is 5. The number of methoxy groups -OCH3 is 2. The topological polar surface area (TPSA) is 60.0 Å². The van der Waals surface area contributed by atoms with Crippen LogP contribution in [0.3, 0.4) is 0 Å². The van der Waals surface area contributed by atoms with E-state index in [1.165, 1.54) is 0 Å². The zero-order valence-corrected chi connectivity index (χ0v) is 13.1. The molecule has 0 aliphatic rings. The van der Waals surface area contributed by atoms with Crippen LogP contribution in [0.1, 0.15) is 24.8 Å². The summed E-state index contributed by atoms with van der Waals surface area (Å²) in [5.74, 6) is 1.64. The molecule has 5 heteroatoms. The summed E-state index contributed by atoms with van der Waals surface area (Å²) < 4.78 is 16.1. The molecule has 0 aromatic heterocycles. The smallest absolute Gasteiger partial charge is 0.127 e. The van der Waals surface area contributed by atoms with Crippen LogP contribution in [-0.2, 0) is 11.3 Å². The minimum Gasteiger partial charge on any atom is -0.497 e. The minimum absolute atomic E-state index is 0.244. The van der Waals surface area contributed by atoms with E-state index in [1.54, 1.807) is 14.2 Å². The highest BCUT2D eigenvalue weighted by Crippen LogP contribution is 2.25. The van der Waals surface area contributed by atoms with Gasteiger partial charge in [-0.3, -0.25) is 0 Å². The summed E-state index contributed by atoms with van der Waals surface area (Å²) in [6.07, 6.45) is 2.74. The van der Waals surface area contributed by atoms with Gasteiger partial charge in [0.15, 0.2) is 0 Å². The maximum absolute atomic E-state index is 8.76. The Hall–Kier alpha value is -1.30. The van der Waals surface area contributed by atoms with Crippen LogP contribution < -0.4 is 14.8 Å². The molecule has 0 radical (unpaired) electrons. The Bertz CT molecular complexity index is 385. The zero-order chi connectivity index (χ0) is 15.3. The van der Waals surface area contributed by atoms with Gasteiger partial charge in [0, 0.05) is 38.4 Å². The van der Waals surface area contributed by atoms with Crippen LogP contribution in [0.2, 0.25) is 0 Å². The second-order valence-corrected chi connectivity index (χ2v) is 4.78. The number of aliphatic hydroxyl groups is 1. The van der Waals surface area contributed by atoms with Crippen molar-refractivity contribution in [1.29, 1.82) is 0 Å². The molecule has 0 saturated carbocycles. The second-order valence-electron chi connectivity index (χ2n) is 4.78. The third-order valence-electron chi connectivity index (χ3n) is 3.13. The van der Waals surface area contributed by atoms with Gasteiger partial charge in [-0.15, -0.1) is 0 Å². The van der Waals surface area contributed by atoms with Gasteiger partial charge in [-0.2, -0.15) is 0 Å². The van der Waals surface area contributed by atoms with E-state index in [1.807, 2.05) is 18.2 Å². The van der Waals surface area contributed by atoms with Gasteiger partial charge in [0.05, 0.1) is 20.3 Å². The molecule has 2 N–H and O–H groups in total. The number of aliphatic hydroxyl groups excluding tert-OH is 1. The molecule has 120 valence electrons. The molecule has 0 aliphatic carbocycles. The Morgan fingerprint density at radius 3 is 2.67 bits per heavy atom. The first-order chi connectivity index (χ1) is 10.3. The van der Waals surface area contributed by atoms with Crippen molar-refractivity contribution in [1.82, 2.24) is 5.32 Å². The van der Waals surface area contributed by atoms with Crippen molar-refractivity contribution in [3.63, 3.8) is 0 Å². The monoisotopic (exact) mass is 297 g/mol. The summed E-state index contributed by atoms with van der Waals surface area (Å²) in [6.45, 7) is 3.12. The summed E-state index contributed by atoms with van der Waals surface area (Å²) >= 11 is 0. The molecule has 0 atom stereocenters. The standard InChI is InChI=1S/C16H27NO4/c1-19-11-8-17-13-14-6-7-15(20-2)12-16(14)21-10-5-3-4-9-18/h6-7,12,17-18H,3-5,8-11,13H2,1-2H3. The molecule has 21 heavy (non-hydrogen) atoms. The van der Waals surface area contributed by atoms with Gasteiger partial charge in [0.2, 0.25) is 0 Å². The molecule has 0 bridgehead atoms. The van der Waals surface area contributed by atoms with Gasteiger partial charge >= 0.3 is 0 Å². The third-order valence-corrected chi connectivity index (χ3v) is 3.13. The average Bonchev–Trinajstić information content (AvgIpc) is 2.52. The maximum atomic E-state index is 8.76. The van der Waals surface area contributed by atoms with Crippen LogP contribution in [0.25, 0.3) is 0 Å². The SMILES string of the molecule is COCCNCc1ccc(OC)cc1OCCCCCO. The molecule has 0 heterocycles. The van der Waals surface area contributed by atoms with E-state index in [-0.39, 0.29) is 6.61 Å². The number of benzene rings is 1. The largest absolute Gasteiger partial charge is 0.497 e. The van der Waals surface area contributed by atoms with E-state index in [4.69, 9.17) is 19.3 Å². The number of hydrogen-bond donors (Lipinski definition) is 2. The Balaban J connectivity index is 2.51. The fraction of sp³-hybridized carbons (Fsp3) is 0.625. The van der Waals surface area contributed by atoms with Crippen molar-refractivity contribution >= 4 is 0 Å². The average molecular weight is 297 g/mol. The lowest BCUT2D eigenvalue weighted by Crippen LogP contribution is -2.19. The number of ether oxygens (including phenoxy) is 3. The second kappa shape index (κ2) is 11.4. The van der Waals surface area contributed by atoms with Gasteiger partial charge in [-0.25, -0.2) is 0 Å². The lowest BCUT2D eigenvalue weighted by Gasteiger charge is -2.13. The molecule has 1 aromatic carbocycles. The lowest BCUT2D eigenvalue weighted by atomic mass is 10.2. The molecule has 5 nitrogen and oxygen atoms in total. The highest BCUT2D eigenvalue weighted by atomic mass is 16.5. The normalized spacial score (nSPS) is 10.6. The van der Waals surface area contributed by atoms with Crippen LogP contribution in [0, 0.1) is 0 Å². The molecule has 1 aromatic rings. The predicted octanol–water partition coefficient (Wildman–Crippen LogP) is 1.97. The molecule has 0 unspecified atom stereocenters. The minimum atomic E-state index is 0.244. The molecule has 0 amide bonds. The fourth-order valence-corrected chi connectivity index (χ4v) is 1.91. The third kappa shape index (κ3) is 7.32. The van der Waals surface area contributed by atoms with E-state index in [0.29, 0.717) is 13.2 Å². The molecular weight excluding hydrogens is 270 g/mol. The fourth-order valence-electron chi connectivity index (χ4n) is 1.91. The highest BCUT2D eigenvalue weighted by Gasteiger charge is 2.06. The molecule has 0 saturated heterocycles. The van der Waals surface area contributed by atoms with E-state index >= 15 is 0 Å². The summed E-state index contributed by atoms with van der Waals surface area (Å²) in [4.78, 5) is 0. The van der Waals surface area contributed by atoms with Crippen LogP contribution >= 0.6 is 0 Å². The van der Waals surface area contributed by atoms with Crippen LogP contribution in [-0.4, -0.2) is 45.7 Å². The van der Waals surface area contributed by atoms with Gasteiger partial charge in [0.1, 0.15) is 11.5 Å². The zero-order valence-electron chi connectivity index (χ0n) is 13.1. The molecule has 0 spiro atoms. The van der Waals surface area contributed by atoms with Crippen LogP contribution in [0.5, 0.6) is 11.5 Å². The number of rotatable bonds is 12. The van der Waals surface area contributed by atoms with Crippen molar-refractivity contribution < 1.29 is 19.3 Å². The summed E-state index contributed by atoms with van der Waals surface area (Å²) in [7, 11) is 3.34. The van der Waals surface area contributed by atoms with E-state index in [9.17, 15) is 0 Å². The van der Waals surface area contributed by atoms with E-state index < -0.39 is 0 Å². The lowest BCUT2D eigenvalue weighted by molar-refractivity contribution is 0.199. The van der Waals surface area contributed by atoms with Crippen molar-refractivity contribution in [2.24, 2.45) is 0 Å². The Labute approximate surface area is 127 Å².